The van der Waals surface area contributed by atoms with Gasteiger partial charge in [0.15, 0.2) is 0 Å². The number of rotatable bonds is 4. The summed E-state index contributed by atoms with van der Waals surface area (Å²) in [5.41, 5.74) is 9.76. The van der Waals surface area contributed by atoms with E-state index in [1.807, 2.05) is 26.0 Å². The Morgan fingerprint density at radius 1 is 0.958 bits per heavy atom. The molecular formula is C19H20N4O. The van der Waals surface area contributed by atoms with E-state index in [0.717, 1.165) is 36.0 Å². The van der Waals surface area contributed by atoms with Gasteiger partial charge in [0.2, 0.25) is 0 Å². The van der Waals surface area contributed by atoms with Crippen LogP contribution in [0.25, 0.3) is 11.1 Å². The van der Waals surface area contributed by atoms with Gasteiger partial charge in [0, 0.05) is 5.56 Å². The van der Waals surface area contributed by atoms with Crippen molar-refractivity contribution in [2.75, 3.05) is 5.73 Å². The van der Waals surface area contributed by atoms with Crippen LogP contribution in [-0.2, 0) is 19.3 Å². The molecule has 1 heterocycles. The molecule has 0 radical (unpaired) electrons. The van der Waals surface area contributed by atoms with E-state index < -0.39 is 5.56 Å². The molecule has 1 aromatic carbocycles. The van der Waals surface area contributed by atoms with Gasteiger partial charge in [-0.05, 0) is 41.5 Å². The molecule has 0 fully saturated rings. The van der Waals surface area contributed by atoms with Crippen LogP contribution in [0, 0.1) is 22.7 Å². The fraction of sp³-hybridized carbons (Fsp3) is 0.316. The third-order valence-electron chi connectivity index (χ3n) is 4.25. The van der Waals surface area contributed by atoms with Crippen LogP contribution >= 0.6 is 0 Å². The topological polar surface area (TPSA) is 106 Å². The standard InChI is InChI=1S/C19H20N4O/c1-4-11-7-12(5-2)16(13(6-3)8-11)17-14(9-20)18(22)23-19(24)15(17)10-21/h7-8H,4-6H2,1-3H3,(H3,22,23,24). The highest BCUT2D eigenvalue weighted by Crippen LogP contribution is 2.35. The fourth-order valence-electron chi connectivity index (χ4n) is 3.02. The summed E-state index contributed by atoms with van der Waals surface area (Å²) in [4.78, 5) is 14.6. The molecule has 0 atom stereocenters. The van der Waals surface area contributed by atoms with E-state index in [4.69, 9.17) is 5.73 Å². The molecule has 1 aromatic heterocycles. The van der Waals surface area contributed by atoms with Crippen LogP contribution in [0.3, 0.4) is 0 Å². The molecule has 5 heteroatoms. The number of anilines is 1. The first kappa shape index (κ1) is 17.3. The second-order valence-electron chi connectivity index (χ2n) is 5.57. The van der Waals surface area contributed by atoms with E-state index in [2.05, 4.69) is 24.0 Å². The van der Waals surface area contributed by atoms with Gasteiger partial charge in [0.1, 0.15) is 29.1 Å². The molecule has 0 saturated heterocycles. The molecule has 122 valence electrons. The van der Waals surface area contributed by atoms with Crippen LogP contribution in [0.4, 0.5) is 5.82 Å². The van der Waals surface area contributed by atoms with Crippen LogP contribution in [0.2, 0.25) is 0 Å². The normalized spacial score (nSPS) is 10.2. The summed E-state index contributed by atoms with van der Waals surface area (Å²) >= 11 is 0. The van der Waals surface area contributed by atoms with Crippen molar-refractivity contribution < 1.29 is 0 Å². The average molecular weight is 320 g/mol. The summed E-state index contributed by atoms with van der Waals surface area (Å²) in [6.45, 7) is 6.12. The molecule has 0 saturated carbocycles. The van der Waals surface area contributed by atoms with Crippen LogP contribution < -0.4 is 11.3 Å². The maximum Gasteiger partial charge on any atom is 0.268 e. The number of hydrogen-bond acceptors (Lipinski definition) is 4. The Labute approximate surface area is 141 Å². The van der Waals surface area contributed by atoms with Gasteiger partial charge >= 0.3 is 0 Å². The minimum absolute atomic E-state index is 0.000161. The lowest BCUT2D eigenvalue weighted by Gasteiger charge is -2.18. The SMILES string of the molecule is CCc1cc(CC)c(-c2c(C#N)c(N)[nH]c(=O)c2C#N)c(CC)c1. The summed E-state index contributed by atoms with van der Waals surface area (Å²) in [6.07, 6.45) is 2.37. The van der Waals surface area contributed by atoms with E-state index >= 15 is 0 Å². The molecule has 3 N–H and O–H groups in total. The first-order valence-electron chi connectivity index (χ1n) is 8.03. The lowest BCUT2D eigenvalue weighted by molar-refractivity contribution is 1.04. The molecule has 2 rings (SSSR count). The zero-order valence-electron chi connectivity index (χ0n) is 14.2. The third-order valence-corrected chi connectivity index (χ3v) is 4.25. The second kappa shape index (κ2) is 7.02. The second-order valence-corrected chi connectivity index (χ2v) is 5.57. The molecule has 24 heavy (non-hydrogen) atoms. The molecule has 0 aliphatic carbocycles. The van der Waals surface area contributed by atoms with Crippen molar-refractivity contribution in [3.8, 4) is 23.3 Å². The Morgan fingerprint density at radius 3 is 1.92 bits per heavy atom. The Kier molecular flexibility index (Phi) is 5.06. The molecule has 0 amide bonds. The van der Waals surface area contributed by atoms with Crippen molar-refractivity contribution in [3.63, 3.8) is 0 Å². The molecule has 0 aliphatic rings. The first-order valence-corrected chi connectivity index (χ1v) is 8.03. The number of nitrogen functional groups attached to an aromatic ring is 1. The van der Waals surface area contributed by atoms with Gasteiger partial charge in [-0.25, -0.2) is 0 Å². The maximum atomic E-state index is 12.2. The Hall–Kier alpha value is -3.05. The molecule has 0 aliphatic heterocycles. The van der Waals surface area contributed by atoms with Crippen molar-refractivity contribution in [2.45, 2.75) is 40.0 Å². The Balaban J connectivity index is 3.05. The van der Waals surface area contributed by atoms with Gasteiger partial charge in [0.25, 0.3) is 5.56 Å². The van der Waals surface area contributed by atoms with Crippen molar-refractivity contribution >= 4 is 5.82 Å². The largest absolute Gasteiger partial charge is 0.384 e. The predicted octanol–water partition coefficient (Wildman–Crippen LogP) is 3.05. The number of H-pyrrole nitrogens is 1. The number of aryl methyl sites for hydroxylation is 3. The quantitative estimate of drug-likeness (QED) is 0.902. The van der Waals surface area contributed by atoms with Crippen molar-refractivity contribution in [1.82, 2.24) is 4.98 Å². The molecular weight excluding hydrogens is 300 g/mol. The first-order chi connectivity index (χ1) is 11.5. The average Bonchev–Trinajstić information content (AvgIpc) is 2.59. The van der Waals surface area contributed by atoms with E-state index in [0.29, 0.717) is 5.56 Å². The maximum absolute atomic E-state index is 12.2. The number of aromatic nitrogens is 1. The Bertz CT molecular complexity index is 901. The summed E-state index contributed by atoms with van der Waals surface area (Å²) < 4.78 is 0. The number of aromatic amines is 1. The third kappa shape index (κ3) is 2.77. The van der Waals surface area contributed by atoms with Crippen LogP contribution in [0.1, 0.15) is 48.6 Å². The molecule has 0 unspecified atom stereocenters. The molecule has 0 spiro atoms. The number of nitriles is 2. The van der Waals surface area contributed by atoms with Crippen molar-refractivity contribution in [2.24, 2.45) is 0 Å². The lowest BCUT2D eigenvalue weighted by atomic mass is 9.85. The summed E-state index contributed by atoms with van der Waals surface area (Å²) in [6, 6.07) is 8.15. The zero-order chi connectivity index (χ0) is 17.9. The summed E-state index contributed by atoms with van der Waals surface area (Å²) in [5.74, 6) is 0.000161. The number of nitrogens with two attached hydrogens (primary N) is 1. The van der Waals surface area contributed by atoms with E-state index in [1.54, 1.807) is 0 Å². The van der Waals surface area contributed by atoms with Gasteiger partial charge in [-0.15, -0.1) is 0 Å². The van der Waals surface area contributed by atoms with Crippen LogP contribution in [0.5, 0.6) is 0 Å². The van der Waals surface area contributed by atoms with Gasteiger partial charge in [0.05, 0.1) is 0 Å². The lowest BCUT2D eigenvalue weighted by Crippen LogP contribution is -2.17. The molecule has 5 nitrogen and oxygen atoms in total. The monoisotopic (exact) mass is 320 g/mol. The molecule has 0 bridgehead atoms. The summed E-state index contributed by atoms with van der Waals surface area (Å²) in [7, 11) is 0. The highest BCUT2D eigenvalue weighted by molar-refractivity contribution is 5.84. The number of pyridine rings is 1. The van der Waals surface area contributed by atoms with Gasteiger partial charge in [-0.1, -0.05) is 32.9 Å². The van der Waals surface area contributed by atoms with E-state index in [1.165, 1.54) is 5.56 Å². The smallest absolute Gasteiger partial charge is 0.268 e. The highest BCUT2D eigenvalue weighted by Gasteiger charge is 2.22. The Morgan fingerprint density at radius 2 is 1.50 bits per heavy atom. The van der Waals surface area contributed by atoms with Crippen LogP contribution in [0.15, 0.2) is 16.9 Å². The van der Waals surface area contributed by atoms with Crippen LogP contribution in [-0.4, -0.2) is 4.98 Å². The zero-order valence-corrected chi connectivity index (χ0v) is 14.2. The predicted molar refractivity (Wildman–Crippen MR) is 94.5 cm³/mol. The molecule has 2 aromatic rings. The van der Waals surface area contributed by atoms with E-state index in [-0.39, 0.29) is 16.9 Å². The van der Waals surface area contributed by atoms with Gasteiger partial charge < -0.3 is 10.7 Å². The summed E-state index contributed by atoms with van der Waals surface area (Å²) in [5, 5.41) is 19.0. The fourth-order valence-corrected chi connectivity index (χ4v) is 3.02. The number of nitrogens with zero attached hydrogens (tertiary/aromatic N) is 2. The number of benzene rings is 1. The minimum atomic E-state index is -0.562. The van der Waals surface area contributed by atoms with Crippen molar-refractivity contribution in [3.05, 3.63) is 50.3 Å². The van der Waals surface area contributed by atoms with E-state index in [9.17, 15) is 15.3 Å². The number of hydrogen-bond donors (Lipinski definition) is 2. The van der Waals surface area contributed by atoms with Gasteiger partial charge in [-0.2, -0.15) is 10.5 Å². The van der Waals surface area contributed by atoms with Crippen molar-refractivity contribution in [1.29, 1.82) is 10.5 Å². The minimum Gasteiger partial charge on any atom is -0.384 e. The number of nitrogens with one attached hydrogen (secondary N) is 1. The highest BCUT2D eigenvalue weighted by atomic mass is 16.1. The van der Waals surface area contributed by atoms with Gasteiger partial charge in [-0.3, -0.25) is 4.79 Å².